The van der Waals surface area contributed by atoms with Crippen LogP contribution in [-0.2, 0) is 11.2 Å². The number of phenolic OH excluding ortho intramolecular Hbond substituents is 1. The molecule has 2 aliphatic rings. The number of benzene rings is 1. The number of carbonyl (C=O) groups excluding carboxylic acids is 1. The molecule has 0 radical (unpaired) electrons. The first kappa shape index (κ1) is 28.2. The van der Waals surface area contributed by atoms with Crippen LogP contribution in [0.2, 0.25) is 0 Å². The topological polar surface area (TPSA) is 66.8 Å². The van der Waals surface area contributed by atoms with E-state index >= 15 is 0 Å². The Balaban J connectivity index is 2.05. The molecular weight excluding hydrogens is 628 g/mol. The SMILES string of the molecule is C=C1CC[C@H](Br)[C@@]2(C)CC[C@@H](Br)[C@@](C)(O)CC[C@@H](Br)C(C)(C)OC(=O)c3ccc(O)c(c3)C[C@H]12. The van der Waals surface area contributed by atoms with E-state index in [2.05, 4.69) is 61.3 Å². The molecule has 0 aromatic heterocycles. The monoisotopic (exact) mass is 662 g/mol. The number of alkyl halides is 3. The van der Waals surface area contributed by atoms with E-state index in [0.29, 0.717) is 29.7 Å². The summed E-state index contributed by atoms with van der Waals surface area (Å²) >= 11 is 11.5. The van der Waals surface area contributed by atoms with E-state index in [1.807, 2.05) is 20.8 Å². The highest BCUT2D eigenvalue weighted by Gasteiger charge is 2.46. The van der Waals surface area contributed by atoms with Crippen molar-refractivity contribution in [3.05, 3.63) is 41.5 Å². The molecule has 1 aromatic carbocycles. The van der Waals surface area contributed by atoms with E-state index in [4.69, 9.17) is 4.74 Å². The number of rotatable bonds is 0. The summed E-state index contributed by atoms with van der Waals surface area (Å²) in [7, 11) is 0. The number of allylic oxidation sites excluding steroid dienone is 1. The zero-order valence-corrected chi connectivity index (χ0v) is 25.3. The number of halogens is 3. The summed E-state index contributed by atoms with van der Waals surface area (Å²) in [5, 5.41) is 22.0. The van der Waals surface area contributed by atoms with Crippen LogP contribution in [0, 0.1) is 11.3 Å². The van der Waals surface area contributed by atoms with Crippen LogP contribution in [-0.4, -0.2) is 41.9 Å². The first-order chi connectivity index (χ1) is 15.7. The summed E-state index contributed by atoms with van der Waals surface area (Å²) in [4.78, 5) is 13.2. The highest BCUT2D eigenvalue weighted by atomic mass is 79.9. The second-order valence-electron chi connectivity index (χ2n) is 11.1. The Kier molecular flexibility index (Phi) is 8.75. The minimum absolute atomic E-state index is 0.0811. The van der Waals surface area contributed by atoms with Crippen molar-refractivity contribution >= 4 is 53.8 Å². The Bertz CT molecular complexity index is 928. The maximum Gasteiger partial charge on any atom is 0.338 e. The molecule has 0 spiro atoms. The van der Waals surface area contributed by atoms with Crippen LogP contribution < -0.4 is 0 Å². The minimum atomic E-state index is -0.912. The molecule has 3 rings (SSSR count). The largest absolute Gasteiger partial charge is 0.508 e. The molecule has 1 aromatic rings. The van der Waals surface area contributed by atoms with Crippen molar-refractivity contribution in [1.82, 2.24) is 0 Å². The highest BCUT2D eigenvalue weighted by molar-refractivity contribution is 9.10. The summed E-state index contributed by atoms with van der Waals surface area (Å²) in [6.07, 6.45) is 5.44. The van der Waals surface area contributed by atoms with Crippen LogP contribution in [0.3, 0.4) is 0 Å². The fraction of sp³-hybridized carbons (Fsp3) is 0.667. The molecule has 1 aliphatic carbocycles. The Labute approximate surface area is 229 Å². The molecular formula is C27H37Br3O4. The van der Waals surface area contributed by atoms with Gasteiger partial charge in [0.05, 0.1) is 16.0 Å². The zero-order valence-electron chi connectivity index (χ0n) is 20.5. The fourth-order valence-corrected chi connectivity index (χ4v) is 6.90. The van der Waals surface area contributed by atoms with Crippen LogP contribution in [0.1, 0.15) is 82.1 Å². The molecule has 6 atom stereocenters. The smallest absolute Gasteiger partial charge is 0.338 e. The van der Waals surface area contributed by atoms with Crippen LogP contribution in [0.5, 0.6) is 5.75 Å². The Morgan fingerprint density at radius 1 is 1.00 bits per heavy atom. The number of esters is 1. The third-order valence-corrected chi connectivity index (χ3v) is 12.6. The van der Waals surface area contributed by atoms with E-state index in [-0.39, 0.29) is 26.7 Å². The lowest BCUT2D eigenvalue weighted by Crippen LogP contribution is -2.44. The van der Waals surface area contributed by atoms with Gasteiger partial charge in [-0.3, -0.25) is 0 Å². The van der Waals surface area contributed by atoms with Gasteiger partial charge < -0.3 is 14.9 Å². The van der Waals surface area contributed by atoms with Crippen molar-refractivity contribution in [2.75, 3.05) is 0 Å². The summed E-state index contributed by atoms with van der Waals surface area (Å²) < 4.78 is 5.90. The summed E-state index contributed by atoms with van der Waals surface area (Å²) in [6.45, 7) is 12.3. The number of fused-ring (bicyclic) bond motifs is 3. The molecule has 4 nitrogen and oxygen atoms in total. The van der Waals surface area contributed by atoms with Crippen LogP contribution in [0.4, 0.5) is 0 Å². The van der Waals surface area contributed by atoms with E-state index in [1.54, 1.807) is 18.2 Å². The number of carbonyl (C=O) groups is 1. The molecule has 1 heterocycles. The van der Waals surface area contributed by atoms with Crippen LogP contribution in [0.15, 0.2) is 30.4 Å². The summed E-state index contributed by atoms with van der Waals surface area (Å²) in [5.41, 5.74) is 0.536. The van der Waals surface area contributed by atoms with Crippen LogP contribution in [0.25, 0.3) is 0 Å². The van der Waals surface area contributed by atoms with E-state index < -0.39 is 17.2 Å². The average molecular weight is 665 g/mol. The van der Waals surface area contributed by atoms with Gasteiger partial charge in [0, 0.05) is 9.65 Å². The van der Waals surface area contributed by atoms with Crippen molar-refractivity contribution in [3.8, 4) is 5.75 Å². The van der Waals surface area contributed by atoms with Gasteiger partial charge in [-0.05, 0) is 101 Å². The molecule has 0 amide bonds. The second kappa shape index (κ2) is 10.5. The van der Waals surface area contributed by atoms with Crippen molar-refractivity contribution in [2.45, 2.75) is 98.3 Å². The lowest BCUT2D eigenvalue weighted by Gasteiger charge is -2.48. The van der Waals surface area contributed by atoms with Gasteiger partial charge in [-0.2, -0.15) is 0 Å². The van der Waals surface area contributed by atoms with Crippen molar-refractivity contribution in [1.29, 1.82) is 0 Å². The zero-order chi connectivity index (χ0) is 25.5. The van der Waals surface area contributed by atoms with Crippen molar-refractivity contribution in [3.63, 3.8) is 0 Å². The lowest BCUT2D eigenvalue weighted by molar-refractivity contribution is -0.00700. The molecule has 7 heteroatoms. The number of phenols is 1. The molecule has 1 fully saturated rings. The Morgan fingerprint density at radius 3 is 2.32 bits per heavy atom. The predicted molar refractivity (Wildman–Crippen MR) is 149 cm³/mol. The molecule has 34 heavy (non-hydrogen) atoms. The summed E-state index contributed by atoms with van der Waals surface area (Å²) in [6, 6.07) is 4.98. The lowest BCUT2D eigenvalue weighted by atomic mass is 9.61. The van der Waals surface area contributed by atoms with Gasteiger partial charge in [0.15, 0.2) is 0 Å². The predicted octanol–water partition coefficient (Wildman–Crippen LogP) is 7.46. The first-order valence-corrected chi connectivity index (χ1v) is 14.8. The van der Waals surface area contributed by atoms with Gasteiger partial charge in [-0.1, -0.05) is 66.9 Å². The molecule has 1 saturated carbocycles. The number of aromatic hydroxyl groups is 1. The van der Waals surface area contributed by atoms with Gasteiger partial charge in [-0.25, -0.2) is 4.79 Å². The maximum absolute atomic E-state index is 13.1. The van der Waals surface area contributed by atoms with E-state index in [1.165, 1.54) is 5.57 Å². The standard InChI is InChI=1S/C27H37Br3O4/c1-16-6-9-22(29)26(4)12-10-23(30)27(5,33)13-11-21(28)25(2,3)34-24(32)17-7-8-20(31)18(14-17)15-19(16)26/h7-8,14,19,21-23,31,33H,1,6,9-13,15H2,2-5H3/t19-,21-,22+,23-,26+,27+/m1/s1. The van der Waals surface area contributed by atoms with Crippen LogP contribution >= 0.6 is 47.8 Å². The van der Waals surface area contributed by atoms with Crippen molar-refractivity contribution in [2.24, 2.45) is 11.3 Å². The number of cyclic esters (lactones) is 1. The van der Waals surface area contributed by atoms with E-state index in [9.17, 15) is 15.0 Å². The van der Waals surface area contributed by atoms with Gasteiger partial charge in [-0.15, -0.1) is 0 Å². The summed E-state index contributed by atoms with van der Waals surface area (Å²) in [5.74, 6) is -0.108. The van der Waals surface area contributed by atoms with Gasteiger partial charge in [0.1, 0.15) is 11.4 Å². The molecule has 2 N–H and O–H groups in total. The normalized spacial score (nSPS) is 37.5. The average Bonchev–Trinajstić information content (AvgIpc) is 2.76. The molecule has 2 bridgehead atoms. The molecule has 0 saturated heterocycles. The number of hydrogen-bond donors (Lipinski definition) is 2. The van der Waals surface area contributed by atoms with Crippen molar-refractivity contribution < 1.29 is 19.7 Å². The number of hydrogen-bond acceptors (Lipinski definition) is 4. The highest BCUT2D eigenvalue weighted by Crippen LogP contribution is 2.52. The Morgan fingerprint density at radius 2 is 1.65 bits per heavy atom. The Hall–Kier alpha value is -0.370. The molecule has 190 valence electrons. The fourth-order valence-electron chi connectivity index (χ4n) is 5.34. The van der Waals surface area contributed by atoms with Gasteiger partial charge >= 0.3 is 5.97 Å². The number of aliphatic hydroxyl groups is 1. The third-order valence-electron chi connectivity index (χ3n) is 8.09. The second-order valence-corrected chi connectivity index (χ2v) is 14.4. The quantitative estimate of drug-likeness (QED) is 0.172. The maximum atomic E-state index is 13.1. The van der Waals surface area contributed by atoms with E-state index in [0.717, 1.165) is 31.2 Å². The minimum Gasteiger partial charge on any atom is -0.508 e. The molecule has 0 unspecified atom stereocenters. The van der Waals surface area contributed by atoms with Gasteiger partial charge in [0.25, 0.3) is 0 Å². The van der Waals surface area contributed by atoms with Gasteiger partial charge in [0.2, 0.25) is 0 Å². The first-order valence-electron chi connectivity index (χ1n) is 12.0. The third kappa shape index (κ3) is 5.95. The number of ether oxygens (including phenoxy) is 1. The molecule has 1 aliphatic heterocycles.